The van der Waals surface area contributed by atoms with Gasteiger partial charge in [-0.05, 0) is 41.0 Å². The quantitative estimate of drug-likeness (QED) is 0.517. The van der Waals surface area contributed by atoms with E-state index in [0.717, 1.165) is 16.8 Å². The van der Waals surface area contributed by atoms with E-state index in [0.29, 0.717) is 18.1 Å². The third kappa shape index (κ3) is 2.99. The smallest absolute Gasteiger partial charge is 0.244 e. The highest BCUT2D eigenvalue weighted by molar-refractivity contribution is 6.30. The highest BCUT2D eigenvalue weighted by Gasteiger charge is 2.63. The number of anilines is 1. The largest absolute Gasteiger partial charge is 0.335 e. The molecule has 2 aliphatic heterocycles. The standard InChI is InChI=1S/C27H25ClN2O/c1-26(2)23-10-6-7-11-24(23)29-19-25(31)30(18-21-8-4-3-5-9-21)27(26,29)17-16-20-12-14-22(28)15-13-20/h3-17H,18-19H2,1-2H3. The van der Waals surface area contributed by atoms with Gasteiger partial charge in [-0.25, -0.2) is 0 Å². The number of amides is 1. The van der Waals surface area contributed by atoms with Gasteiger partial charge in [-0.1, -0.05) is 92.2 Å². The average molecular weight is 429 g/mol. The minimum absolute atomic E-state index is 0.146. The summed E-state index contributed by atoms with van der Waals surface area (Å²) in [5, 5.41) is 0.715. The lowest BCUT2D eigenvalue weighted by atomic mass is 9.74. The number of halogens is 1. The molecule has 3 nitrogen and oxygen atoms in total. The molecule has 0 radical (unpaired) electrons. The molecular weight excluding hydrogens is 404 g/mol. The number of carbonyl (C=O) groups excluding carboxylic acids is 1. The number of benzene rings is 3. The van der Waals surface area contributed by atoms with Crippen molar-refractivity contribution in [2.45, 2.75) is 31.5 Å². The van der Waals surface area contributed by atoms with Crippen molar-refractivity contribution < 1.29 is 4.79 Å². The van der Waals surface area contributed by atoms with Crippen LogP contribution in [0.3, 0.4) is 0 Å². The summed E-state index contributed by atoms with van der Waals surface area (Å²) < 4.78 is 0. The van der Waals surface area contributed by atoms with Gasteiger partial charge in [0, 0.05) is 22.7 Å². The molecule has 2 heterocycles. The van der Waals surface area contributed by atoms with Crippen LogP contribution in [0.4, 0.5) is 5.69 Å². The first-order valence-electron chi connectivity index (χ1n) is 10.6. The van der Waals surface area contributed by atoms with E-state index in [1.165, 1.54) is 5.56 Å². The maximum absolute atomic E-state index is 13.4. The third-order valence-corrected chi connectivity index (χ3v) is 7.02. The van der Waals surface area contributed by atoms with Crippen LogP contribution in [-0.4, -0.2) is 23.0 Å². The van der Waals surface area contributed by atoms with Gasteiger partial charge in [-0.2, -0.15) is 0 Å². The zero-order chi connectivity index (χ0) is 21.6. The number of hydrogen-bond acceptors (Lipinski definition) is 2. The van der Waals surface area contributed by atoms with Crippen LogP contribution in [-0.2, 0) is 16.8 Å². The number of nitrogens with zero attached hydrogens (tertiary/aromatic N) is 2. The molecule has 1 saturated heterocycles. The molecule has 4 heteroatoms. The second-order valence-corrected chi connectivity index (χ2v) is 9.24. The van der Waals surface area contributed by atoms with Crippen LogP contribution in [0.15, 0.2) is 84.9 Å². The summed E-state index contributed by atoms with van der Waals surface area (Å²) >= 11 is 6.08. The van der Waals surface area contributed by atoms with Gasteiger partial charge >= 0.3 is 0 Å². The van der Waals surface area contributed by atoms with Crippen LogP contribution in [0.5, 0.6) is 0 Å². The summed E-state index contributed by atoms with van der Waals surface area (Å²) in [6.07, 6.45) is 4.33. The first-order chi connectivity index (χ1) is 14.9. The molecule has 0 aliphatic carbocycles. The molecule has 3 aromatic rings. The maximum atomic E-state index is 13.4. The summed E-state index contributed by atoms with van der Waals surface area (Å²) in [7, 11) is 0. The summed E-state index contributed by atoms with van der Waals surface area (Å²) in [6, 6.07) is 26.5. The molecule has 0 N–H and O–H groups in total. The second-order valence-electron chi connectivity index (χ2n) is 8.80. The van der Waals surface area contributed by atoms with Crippen LogP contribution in [0.2, 0.25) is 5.02 Å². The SMILES string of the molecule is CC1(C)c2ccccc2N2CC(=O)N(Cc3ccccc3)C21C=Cc1ccc(Cl)cc1. The van der Waals surface area contributed by atoms with Crippen molar-refractivity contribution in [2.75, 3.05) is 11.4 Å². The lowest BCUT2D eigenvalue weighted by Crippen LogP contribution is -2.60. The van der Waals surface area contributed by atoms with Crippen molar-refractivity contribution >= 4 is 29.3 Å². The van der Waals surface area contributed by atoms with E-state index in [1.54, 1.807) is 0 Å². The molecule has 1 atom stereocenters. The third-order valence-electron chi connectivity index (χ3n) is 6.77. The molecule has 5 rings (SSSR count). The molecule has 1 unspecified atom stereocenters. The van der Waals surface area contributed by atoms with Gasteiger partial charge in [0.25, 0.3) is 0 Å². The Hall–Kier alpha value is -3.04. The van der Waals surface area contributed by atoms with E-state index in [9.17, 15) is 4.79 Å². The predicted molar refractivity (Wildman–Crippen MR) is 127 cm³/mol. The Morgan fingerprint density at radius 1 is 0.935 bits per heavy atom. The zero-order valence-electron chi connectivity index (χ0n) is 17.8. The van der Waals surface area contributed by atoms with Gasteiger partial charge in [-0.15, -0.1) is 0 Å². The Balaban J connectivity index is 1.66. The summed E-state index contributed by atoms with van der Waals surface area (Å²) in [5.74, 6) is 0.146. The van der Waals surface area contributed by atoms with Crippen molar-refractivity contribution in [3.05, 3.63) is 107 Å². The van der Waals surface area contributed by atoms with Gasteiger partial charge in [0.2, 0.25) is 5.91 Å². The number of fused-ring (bicyclic) bond motifs is 3. The topological polar surface area (TPSA) is 23.6 Å². The van der Waals surface area contributed by atoms with Gasteiger partial charge in [0.05, 0.1) is 6.54 Å². The molecule has 1 fully saturated rings. The normalized spacial score (nSPS) is 21.6. The number of rotatable bonds is 4. The van der Waals surface area contributed by atoms with Crippen molar-refractivity contribution in [1.82, 2.24) is 4.90 Å². The van der Waals surface area contributed by atoms with Crippen LogP contribution in [0, 0.1) is 0 Å². The van der Waals surface area contributed by atoms with Crippen molar-refractivity contribution in [3.8, 4) is 0 Å². The van der Waals surface area contributed by atoms with Crippen LogP contribution in [0.1, 0.15) is 30.5 Å². The monoisotopic (exact) mass is 428 g/mol. The van der Waals surface area contributed by atoms with Crippen LogP contribution < -0.4 is 4.90 Å². The fourth-order valence-corrected chi connectivity index (χ4v) is 5.33. The van der Waals surface area contributed by atoms with Gasteiger partial charge in [-0.3, -0.25) is 4.79 Å². The zero-order valence-corrected chi connectivity index (χ0v) is 18.5. The van der Waals surface area contributed by atoms with E-state index in [1.807, 2.05) is 42.5 Å². The number of carbonyl (C=O) groups is 1. The van der Waals surface area contributed by atoms with Gasteiger partial charge in [0.15, 0.2) is 0 Å². The van der Waals surface area contributed by atoms with Crippen LogP contribution >= 0.6 is 11.6 Å². The van der Waals surface area contributed by atoms with Crippen molar-refractivity contribution in [1.29, 1.82) is 0 Å². The molecule has 0 aromatic heterocycles. The van der Waals surface area contributed by atoms with Crippen molar-refractivity contribution in [2.24, 2.45) is 0 Å². The molecule has 3 aromatic carbocycles. The molecule has 2 aliphatic rings. The number of hydrogen-bond donors (Lipinski definition) is 0. The Kier molecular flexibility index (Phi) is 4.67. The summed E-state index contributed by atoms with van der Waals surface area (Å²) in [4.78, 5) is 17.7. The lowest BCUT2D eigenvalue weighted by molar-refractivity contribution is -0.131. The average Bonchev–Trinajstić information content (AvgIpc) is 3.16. The fraction of sp³-hybridized carbons (Fsp3) is 0.222. The molecule has 1 amide bonds. The van der Waals surface area contributed by atoms with E-state index in [-0.39, 0.29) is 11.3 Å². The molecule has 156 valence electrons. The lowest BCUT2D eigenvalue weighted by Gasteiger charge is -2.46. The minimum atomic E-state index is -0.594. The molecule has 0 spiro atoms. The minimum Gasteiger partial charge on any atom is -0.335 e. The first-order valence-corrected chi connectivity index (χ1v) is 11.0. The Bertz CT molecular complexity index is 1150. The summed E-state index contributed by atoms with van der Waals surface area (Å²) in [5.41, 5.74) is 3.70. The fourth-order valence-electron chi connectivity index (χ4n) is 5.21. The van der Waals surface area contributed by atoms with Crippen LogP contribution in [0.25, 0.3) is 6.08 Å². The van der Waals surface area contributed by atoms with E-state index < -0.39 is 5.66 Å². The van der Waals surface area contributed by atoms with E-state index in [2.05, 4.69) is 72.2 Å². The molecular formula is C27H25ClN2O. The Morgan fingerprint density at radius 2 is 1.61 bits per heavy atom. The Morgan fingerprint density at radius 3 is 2.35 bits per heavy atom. The maximum Gasteiger partial charge on any atom is 0.244 e. The predicted octanol–water partition coefficient (Wildman–Crippen LogP) is 5.89. The van der Waals surface area contributed by atoms with E-state index >= 15 is 0 Å². The first kappa shape index (κ1) is 19.9. The molecule has 0 saturated carbocycles. The Labute approximate surface area is 188 Å². The number of para-hydroxylation sites is 1. The second kappa shape index (κ2) is 7.28. The van der Waals surface area contributed by atoms with Gasteiger partial charge < -0.3 is 9.80 Å². The molecule has 31 heavy (non-hydrogen) atoms. The van der Waals surface area contributed by atoms with Crippen molar-refractivity contribution in [3.63, 3.8) is 0 Å². The molecule has 0 bridgehead atoms. The highest BCUT2D eigenvalue weighted by Crippen LogP contribution is 2.56. The van der Waals surface area contributed by atoms with E-state index in [4.69, 9.17) is 11.6 Å². The summed E-state index contributed by atoms with van der Waals surface area (Å²) in [6.45, 7) is 5.43. The highest BCUT2D eigenvalue weighted by atomic mass is 35.5. The van der Waals surface area contributed by atoms with Gasteiger partial charge in [0.1, 0.15) is 5.66 Å².